The zero-order valence-corrected chi connectivity index (χ0v) is 36.7. The van der Waals surface area contributed by atoms with Crippen LogP contribution < -0.4 is 5.32 Å². The van der Waals surface area contributed by atoms with Gasteiger partial charge in [-0.15, -0.1) is 0 Å². The fourth-order valence-corrected chi connectivity index (χ4v) is 8.61. The second-order valence-corrected chi connectivity index (χ2v) is 17.3. The van der Waals surface area contributed by atoms with E-state index in [9.17, 15) is 0 Å². The summed E-state index contributed by atoms with van der Waals surface area (Å²) in [5.74, 6) is 3.57. The van der Waals surface area contributed by atoms with Crippen LogP contribution in [0.1, 0.15) is 51.5 Å². The van der Waals surface area contributed by atoms with E-state index in [-0.39, 0.29) is 12.1 Å². The van der Waals surface area contributed by atoms with E-state index < -0.39 is 0 Å². The van der Waals surface area contributed by atoms with Gasteiger partial charge in [0, 0.05) is 38.9 Å². The molecule has 0 bridgehead atoms. The number of hydrogen-bond donors (Lipinski definition) is 1. The summed E-state index contributed by atoms with van der Waals surface area (Å²) in [5.41, 5.74) is 15.8. The van der Waals surface area contributed by atoms with Crippen LogP contribution >= 0.6 is 0 Å². The zero-order valence-electron chi connectivity index (χ0n) is 36.7. The number of aryl methyl sites for hydroxylation is 4. The number of allylic oxidation sites excluding steroid dienone is 3. The summed E-state index contributed by atoms with van der Waals surface area (Å²) in [5, 5.41) is 5.74. The Hall–Kier alpha value is -8.03. The molecule has 0 radical (unpaired) electrons. The summed E-state index contributed by atoms with van der Waals surface area (Å²) >= 11 is 0. The number of fused-ring (bicyclic) bond motifs is 3. The van der Waals surface area contributed by atoms with Crippen LogP contribution in [-0.2, 0) is 0 Å². The molecule has 0 spiro atoms. The molecular formula is C58H46N6O. The van der Waals surface area contributed by atoms with Crippen LogP contribution in [0.5, 0.6) is 0 Å². The summed E-state index contributed by atoms with van der Waals surface area (Å²) in [7, 11) is 0. The highest BCUT2D eigenvalue weighted by atomic mass is 16.3. The topological polar surface area (TPSA) is 88.6 Å². The van der Waals surface area contributed by atoms with Gasteiger partial charge in [-0.2, -0.15) is 0 Å². The SMILES string of the molecule is Cc1ccc(C2=NC(C3C=C(c4ccc5oc6ccc(-c7cccc(-c8nc(-c9ccc(C)cc9)nc(-c9ccc(C)cc9)n8)c7)cc6c5c4)C=CC3)=NC(c3ccc(C)cc3)N2)cc1. The molecule has 2 unspecified atom stereocenters. The lowest BCUT2D eigenvalue weighted by Gasteiger charge is -2.27. The predicted octanol–water partition coefficient (Wildman–Crippen LogP) is 13.8. The molecule has 7 aromatic carbocycles. The van der Waals surface area contributed by atoms with Gasteiger partial charge in [0.2, 0.25) is 0 Å². The minimum Gasteiger partial charge on any atom is -0.456 e. The van der Waals surface area contributed by atoms with Crippen LogP contribution in [0.25, 0.3) is 72.8 Å². The summed E-state index contributed by atoms with van der Waals surface area (Å²) in [6.07, 6.45) is 7.36. The van der Waals surface area contributed by atoms with Gasteiger partial charge in [-0.05, 0) is 92.3 Å². The molecule has 2 atom stereocenters. The Morgan fingerprint density at radius 2 is 0.985 bits per heavy atom. The number of aliphatic imine (C=N–C) groups is 2. The number of furan rings is 1. The number of aromatic nitrogens is 3. The lowest BCUT2D eigenvalue weighted by atomic mass is 9.90. The van der Waals surface area contributed by atoms with Gasteiger partial charge in [-0.1, -0.05) is 168 Å². The van der Waals surface area contributed by atoms with E-state index in [1.54, 1.807) is 0 Å². The molecule has 65 heavy (non-hydrogen) atoms. The zero-order chi connectivity index (χ0) is 44.0. The monoisotopic (exact) mass is 842 g/mol. The molecule has 9 aromatic rings. The van der Waals surface area contributed by atoms with Crippen molar-refractivity contribution in [2.45, 2.75) is 40.3 Å². The molecule has 1 aliphatic heterocycles. The highest BCUT2D eigenvalue weighted by Gasteiger charge is 2.25. The van der Waals surface area contributed by atoms with E-state index in [2.05, 4.69) is 209 Å². The van der Waals surface area contributed by atoms with E-state index >= 15 is 0 Å². The van der Waals surface area contributed by atoms with Crippen molar-refractivity contribution in [1.29, 1.82) is 0 Å². The molecule has 314 valence electrons. The van der Waals surface area contributed by atoms with Gasteiger partial charge in [0.1, 0.15) is 29.0 Å². The molecule has 0 saturated carbocycles. The Morgan fingerprint density at radius 1 is 0.492 bits per heavy atom. The van der Waals surface area contributed by atoms with Crippen molar-refractivity contribution in [3.05, 3.63) is 215 Å². The molecule has 7 heteroatoms. The molecule has 7 nitrogen and oxygen atoms in total. The smallest absolute Gasteiger partial charge is 0.164 e. The Kier molecular flexibility index (Phi) is 10.2. The number of rotatable bonds is 8. The number of nitrogens with one attached hydrogen (secondary N) is 1. The van der Waals surface area contributed by atoms with Gasteiger partial charge >= 0.3 is 0 Å². The molecule has 0 fully saturated rings. The van der Waals surface area contributed by atoms with Gasteiger partial charge in [-0.3, -0.25) is 0 Å². The minimum absolute atomic E-state index is 0.00600. The summed E-state index contributed by atoms with van der Waals surface area (Å²) in [4.78, 5) is 25.4. The largest absolute Gasteiger partial charge is 0.456 e. The van der Waals surface area contributed by atoms with Crippen molar-refractivity contribution in [2.24, 2.45) is 15.9 Å². The van der Waals surface area contributed by atoms with Crippen LogP contribution in [0.3, 0.4) is 0 Å². The maximum absolute atomic E-state index is 6.43. The first kappa shape index (κ1) is 39.8. The van der Waals surface area contributed by atoms with Gasteiger partial charge in [0.15, 0.2) is 17.5 Å². The van der Waals surface area contributed by atoms with Crippen LogP contribution in [0, 0.1) is 33.6 Å². The quantitative estimate of drug-likeness (QED) is 0.165. The summed E-state index contributed by atoms with van der Waals surface area (Å²) < 4.78 is 6.43. The Bertz CT molecular complexity index is 3330. The first-order chi connectivity index (χ1) is 31.8. The standard InChI is InChI=1S/C58H46N6O/c1-35-11-19-39(20-12-35)53-59-54(40-21-13-36(2)14-22-40)62-57(61-53)47-9-5-7-43(31-47)45-27-29-51-49(33-45)50-34-46(28-30-52(50)65-51)44-8-6-10-48(32-44)58-63-55(41-23-15-37(3)16-24-41)60-56(64-58)42-25-17-38(4)18-26-42/h5-9,11-34,48,55H,10H2,1-4H3,(H,60,63,64). The first-order valence-electron chi connectivity index (χ1n) is 22.2. The molecule has 0 amide bonds. The molecule has 0 saturated heterocycles. The molecule has 2 aliphatic rings. The third-order valence-corrected chi connectivity index (χ3v) is 12.4. The highest BCUT2D eigenvalue weighted by Crippen LogP contribution is 2.37. The van der Waals surface area contributed by atoms with E-state index in [1.165, 1.54) is 22.3 Å². The van der Waals surface area contributed by atoms with E-state index in [0.717, 1.165) is 90.1 Å². The molecule has 11 rings (SSSR count). The average Bonchev–Trinajstić information content (AvgIpc) is 3.72. The molecule has 1 N–H and O–H groups in total. The minimum atomic E-state index is -0.241. The van der Waals surface area contributed by atoms with Crippen molar-refractivity contribution < 1.29 is 4.42 Å². The fourth-order valence-electron chi connectivity index (χ4n) is 8.61. The molecule has 3 heterocycles. The molecule has 2 aromatic heterocycles. The number of benzene rings is 7. The predicted molar refractivity (Wildman–Crippen MR) is 266 cm³/mol. The summed E-state index contributed by atoms with van der Waals surface area (Å²) in [6.45, 7) is 8.38. The van der Waals surface area contributed by atoms with Crippen molar-refractivity contribution in [3.8, 4) is 45.3 Å². The normalized spacial score (nSPS) is 16.0. The highest BCUT2D eigenvalue weighted by molar-refractivity contribution is 6.10. The molecule has 1 aliphatic carbocycles. The van der Waals surface area contributed by atoms with E-state index in [1.807, 2.05) is 0 Å². The van der Waals surface area contributed by atoms with Gasteiger partial charge in [0.25, 0.3) is 0 Å². The van der Waals surface area contributed by atoms with Crippen molar-refractivity contribution in [2.75, 3.05) is 0 Å². The Balaban J connectivity index is 0.935. The molecular weight excluding hydrogens is 797 g/mol. The number of hydrogen-bond acceptors (Lipinski definition) is 7. The first-order valence-corrected chi connectivity index (χ1v) is 22.2. The maximum Gasteiger partial charge on any atom is 0.164 e. The Labute approximate surface area is 378 Å². The van der Waals surface area contributed by atoms with Crippen molar-refractivity contribution >= 4 is 39.2 Å². The van der Waals surface area contributed by atoms with Crippen LogP contribution in [0.15, 0.2) is 190 Å². The van der Waals surface area contributed by atoms with Gasteiger partial charge in [-0.25, -0.2) is 24.9 Å². The third kappa shape index (κ3) is 8.09. The fraction of sp³-hybridized carbons (Fsp3) is 0.121. The van der Waals surface area contributed by atoms with Crippen LogP contribution in [-0.4, -0.2) is 26.6 Å². The lowest BCUT2D eigenvalue weighted by molar-refractivity contribution is 0.659. The van der Waals surface area contributed by atoms with Crippen LogP contribution in [0.4, 0.5) is 0 Å². The van der Waals surface area contributed by atoms with Crippen LogP contribution in [0.2, 0.25) is 0 Å². The summed E-state index contributed by atoms with van der Waals surface area (Å²) in [6, 6.07) is 55.1. The van der Waals surface area contributed by atoms with Crippen molar-refractivity contribution in [3.63, 3.8) is 0 Å². The van der Waals surface area contributed by atoms with E-state index in [0.29, 0.717) is 17.5 Å². The van der Waals surface area contributed by atoms with E-state index in [4.69, 9.17) is 29.4 Å². The van der Waals surface area contributed by atoms with Crippen molar-refractivity contribution in [1.82, 2.24) is 20.3 Å². The second-order valence-electron chi connectivity index (χ2n) is 17.3. The number of nitrogens with zero attached hydrogens (tertiary/aromatic N) is 5. The van der Waals surface area contributed by atoms with Gasteiger partial charge in [0.05, 0.1) is 0 Å². The number of amidine groups is 2. The van der Waals surface area contributed by atoms with Gasteiger partial charge < -0.3 is 9.73 Å². The third-order valence-electron chi connectivity index (χ3n) is 12.4. The maximum atomic E-state index is 6.43. The average molecular weight is 843 g/mol. The second kappa shape index (κ2) is 16.6. The Morgan fingerprint density at radius 3 is 1.60 bits per heavy atom. The lowest BCUT2D eigenvalue weighted by Crippen LogP contribution is -2.35.